The zero-order valence-electron chi connectivity index (χ0n) is 10.8. The molecule has 0 radical (unpaired) electrons. The standard InChI is InChI=1S/C11H18N4O3/c1-4-7-14-9(11(17)18-3)10(12)15(7)6-5-8(16)13-2/h4-6,12H2,1-3H3,(H,13,16). The van der Waals surface area contributed by atoms with Gasteiger partial charge in [-0.1, -0.05) is 6.92 Å². The van der Waals surface area contributed by atoms with E-state index in [1.54, 1.807) is 11.6 Å². The highest BCUT2D eigenvalue weighted by Crippen LogP contribution is 2.16. The van der Waals surface area contributed by atoms with Crippen molar-refractivity contribution in [3.05, 3.63) is 11.5 Å². The number of rotatable bonds is 5. The maximum Gasteiger partial charge on any atom is 0.360 e. The highest BCUT2D eigenvalue weighted by atomic mass is 16.5. The van der Waals surface area contributed by atoms with Crippen molar-refractivity contribution < 1.29 is 14.3 Å². The number of carbonyl (C=O) groups is 2. The van der Waals surface area contributed by atoms with Gasteiger partial charge in [0.25, 0.3) is 0 Å². The molecule has 0 aliphatic heterocycles. The van der Waals surface area contributed by atoms with Crippen molar-refractivity contribution in [2.45, 2.75) is 26.3 Å². The second kappa shape index (κ2) is 6.04. The van der Waals surface area contributed by atoms with Gasteiger partial charge in [0.15, 0.2) is 5.69 Å². The molecule has 1 heterocycles. The Kier molecular flexibility index (Phi) is 4.70. The quantitative estimate of drug-likeness (QED) is 0.718. The summed E-state index contributed by atoms with van der Waals surface area (Å²) in [5, 5.41) is 2.53. The van der Waals surface area contributed by atoms with Gasteiger partial charge in [-0.2, -0.15) is 0 Å². The molecule has 100 valence electrons. The van der Waals surface area contributed by atoms with Gasteiger partial charge in [0.1, 0.15) is 11.6 Å². The van der Waals surface area contributed by atoms with Crippen LogP contribution < -0.4 is 11.1 Å². The first-order chi connectivity index (χ1) is 8.54. The number of imidazole rings is 1. The number of esters is 1. The molecule has 7 heteroatoms. The fourth-order valence-corrected chi connectivity index (χ4v) is 1.62. The van der Waals surface area contributed by atoms with Crippen LogP contribution in [0.5, 0.6) is 0 Å². The Hall–Kier alpha value is -2.05. The van der Waals surface area contributed by atoms with Crippen LogP contribution in [0.15, 0.2) is 0 Å². The third-order valence-electron chi connectivity index (χ3n) is 2.62. The molecule has 0 saturated heterocycles. The van der Waals surface area contributed by atoms with Crippen LogP contribution in [-0.2, 0) is 22.5 Å². The Morgan fingerprint density at radius 2 is 2.17 bits per heavy atom. The largest absolute Gasteiger partial charge is 0.464 e. The number of nitrogens with two attached hydrogens (primary N) is 1. The summed E-state index contributed by atoms with van der Waals surface area (Å²) >= 11 is 0. The van der Waals surface area contributed by atoms with E-state index >= 15 is 0 Å². The summed E-state index contributed by atoms with van der Waals surface area (Å²) < 4.78 is 6.27. The average molecular weight is 254 g/mol. The Morgan fingerprint density at radius 3 is 2.67 bits per heavy atom. The third kappa shape index (κ3) is 2.79. The van der Waals surface area contributed by atoms with Gasteiger partial charge in [0, 0.05) is 26.4 Å². The minimum absolute atomic E-state index is 0.0928. The number of hydrogen-bond acceptors (Lipinski definition) is 5. The minimum atomic E-state index is -0.569. The summed E-state index contributed by atoms with van der Waals surface area (Å²) in [6, 6.07) is 0. The van der Waals surface area contributed by atoms with Gasteiger partial charge in [-0.15, -0.1) is 0 Å². The molecular formula is C11H18N4O3. The third-order valence-corrected chi connectivity index (χ3v) is 2.62. The van der Waals surface area contributed by atoms with Crippen LogP contribution in [-0.4, -0.2) is 35.6 Å². The summed E-state index contributed by atoms with van der Waals surface area (Å²) in [5.41, 5.74) is 5.95. The van der Waals surface area contributed by atoms with E-state index in [0.717, 1.165) is 0 Å². The molecule has 1 amide bonds. The van der Waals surface area contributed by atoms with Gasteiger partial charge in [-0.3, -0.25) is 4.79 Å². The lowest BCUT2D eigenvalue weighted by Crippen LogP contribution is -2.20. The van der Waals surface area contributed by atoms with Gasteiger partial charge in [0.2, 0.25) is 5.91 Å². The lowest BCUT2D eigenvalue weighted by Gasteiger charge is -2.07. The average Bonchev–Trinajstić information content (AvgIpc) is 2.71. The molecule has 0 aliphatic rings. The van der Waals surface area contributed by atoms with Gasteiger partial charge in [-0.05, 0) is 0 Å². The van der Waals surface area contributed by atoms with Crippen LogP contribution in [0.1, 0.15) is 29.7 Å². The number of nitrogen functional groups attached to an aromatic ring is 1. The van der Waals surface area contributed by atoms with Crippen molar-refractivity contribution in [3.63, 3.8) is 0 Å². The first kappa shape index (κ1) is 14.0. The monoisotopic (exact) mass is 254 g/mol. The van der Waals surface area contributed by atoms with Crippen LogP contribution in [0, 0.1) is 0 Å². The number of amides is 1. The molecule has 0 spiro atoms. The number of nitrogens with zero attached hydrogens (tertiary/aromatic N) is 2. The van der Waals surface area contributed by atoms with Gasteiger partial charge in [-0.25, -0.2) is 9.78 Å². The normalized spacial score (nSPS) is 10.2. The number of hydrogen-bond donors (Lipinski definition) is 2. The number of methoxy groups -OCH3 is 1. The molecule has 0 saturated carbocycles. The Bertz CT molecular complexity index is 453. The maximum absolute atomic E-state index is 11.5. The second-order valence-corrected chi connectivity index (χ2v) is 3.68. The fourth-order valence-electron chi connectivity index (χ4n) is 1.62. The van der Waals surface area contributed by atoms with E-state index in [9.17, 15) is 9.59 Å². The summed E-state index contributed by atoms with van der Waals surface area (Å²) in [6.07, 6.45) is 0.902. The summed E-state index contributed by atoms with van der Waals surface area (Å²) in [7, 11) is 2.84. The molecule has 1 aromatic rings. The molecule has 0 atom stereocenters. The molecule has 0 aliphatic carbocycles. The van der Waals surface area contributed by atoms with Crippen molar-refractivity contribution >= 4 is 17.7 Å². The SMILES string of the molecule is CCc1nc(C(=O)OC)c(N)n1CCC(=O)NC. The lowest BCUT2D eigenvalue weighted by atomic mass is 10.3. The topological polar surface area (TPSA) is 99.2 Å². The number of aryl methyl sites for hydroxylation is 1. The van der Waals surface area contributed by atoms with Crippen LogP contribution in [0.2, 0.25) is 0 Å². The van der Waals surface area contributed by atoms with Crippen LogP contribution in [0.3, 0.4) is 0 Å². The molecule has 0 unspecified atom stereocenters. The number of nitrogens with one attached hydrogen (secondary N) is 1. The first-order valence-corrected chi connectivity index (χ1v) is 5.68. The summed E-state index contributed by atoms with van der Waals surface area (Å²) in [4.78, 5) is 26.8. The second-order valence-electron chi connectivity index (χ2n) is 3.68. The number of carbonyl (C=O) groups excluding carboxylic acids is 2. The molecule has 1 aromatic heterocycles. The van der Waals surface area contributed by atoms with E-state index in [4.69, 9.17) is 5.73 Å². The van der Waals surface area contributed by atoms with Gasteiger partial charge < -0.3 is 20.4 Å². The van der Waals surface area contributed by atoms with Gasteiger partial charge >= 0.3 is 5.97 Å². The molecular weight excluding hydrogens is 236 g/mol. The van der Waals surface area contributed by atoms with Crippen LogP contribution in [0.4, 0.5) is 5.82 Å². The molecule has 0 aromatic carbocycles. The van der Waals surface area contributed by atoms with E-state index in [1.807, 2.05) is 6.92 Å². The Balaban J connectivity index is 2.99. The van der Waals surface area contributed by atoms with Gasteiger partial charge in [0.05, 0.1) is 7.11 Å². The number of ether oxygens (including phenoxy) is 1. The summed E-state index contributed by atoms with van der Waals surface area (Å²) in [6.45, 7) is 2.29. The smallest absolute Gasteiger partial charge is 0.360 e. The Morgan fingerprint density at radius 1 is 1.50 bits per heavy atom. The molecule has 0 bridgehead atoms. The predicted octanol–water partition coefficient (Wildman–Crippen LogP) is -0.0496. The molecule has 1 rings (SSSR count). The van der Waals surface area contributed by atoms with E-state index in [2.05, 4.69) is 15.0 Å². The molecule has 0 fully saturated rings. The number of aromatic nitrogens is 2. The Labute approximate surface area is 105 Å². The summed E-state index contributed by atoms with van der Waals surface area (Å²) in [5.74, 6) is 0.241. The molecule has 7 nitrogen and oxygen atoms in total. The minimum Gasteiger partial charge on any atom is -0.464 e. The predicted molar refractivity (Wildman–Crippen MR) is 66.0 cm³/mol. The maximum atomic E-state index is 11.5. The zero-order valence-corrected chi connectivity index (χ0v) is 10.8. The van der Waals surface area contributed by atoms with E-state index < -0.39 is 5.97 Å². The van der Waals surface area contributed by atoms with E-state index in [-0.39, 0.29) is 23.8 Å². The molecule has 18 heavy (non-hydrogen) atoms. The highest BCUT2D eigenvalue weighted by molar-refractivity contribution is 5.92. The van der Waals surface area contributed by atoms with Crippen molar-refractivity contribution in [1.29, 1.82) is 0 Å². The van der Waals surface area contributed by atoms with Crippen molar-refractivity contribution in [1.82, 2.24) is 14.9 Å². The zero-order chi connectivity index (χ0) is 13.7. The van der Waals surface area contributed by atoms with Crippen molar-refractivity contribution in [2.24, 2.45) is 0 Å². The molecule has 3 N–H and O–H groups in total. The lowest BCUT2D eigenvalue weighted by molar-refractivity contribution is -0.120. The fraction of sp³-hybridized carbons (Fsp3) is 0.545. The van der Waals surface area contributed by atoms with E-state index in [0.29, 0.717) is 18.8 Å². The van der Waals surface area contributed by atoms with Crippen LogP contribution >= 0.6 is 0 Å². The highest BCUT2D eigenvalue weighted by Gasteiger charge is 2.20. The van der Waals surface area contributed by atoms with Crippen molar-refractivity contribution in [3.8, 4) is 0 Å². The van der Waals surface area contributed by atoms with E-state index in [1.165, 1.54) is 7.11 Å². The van der Waals surface area contributed by atoms with Crippen LogP contribution in [0.25, 0.3) is 0 Å². The first-order valence-electron chi connectivity index (χ1n) is 5.68. The van der Waals surface area contributed by atoms with Crippen molar-refractivity contribution in [2.75, 3.05) is 19.9 Å². The number of anilines is 1.